The summed E-state index contributed by atoms with van der Waals surface area (Å²) in [6.45, 7) is 2.75. The first-order chi connectivity index (χ1) is 15.0. The van der Waals surface area contributed by atoms with Crippen LogP contribution in [0.25, 0.3) is 0 Å². The van der Waals surface area contributed by atoms with Crippen molar-refractivity contribution in [3.05, 3.63) is 46.5 Å². The van der Waals surface area contributed by atoms with Gasteiger partial charge < -0.3 is 10.2 Å². The molecule has 31 heavy (non-hydrogen) atoms. The van der Waals surface area contributed by atoms with Crippen LogP contribution < -0.4 is 5.32 Å². The van der Waals surface area contributed by atoms with Gasteiger partial charge in [0.05, 0.1) is 0 Å². The van der Waals surface area contributed by atoms with Gasteiger partial charge in [-0.1, -0.05) is 42.3 Å². The molecule has 1 aromatic rings. The number of halogens is 2. The molecular weight excluding hydrogens is 431 g/mol. The smallest absolute Gasteiger partial charge is 0.247 e. The maximum Gasteiger partial charge on any atom is 0.247 e. The van der Waals surface area contributed by atoms with Gasteiger partial charge in [-0.2, -0.15) is 0 Å². The molecule has 1 fully saturated rings. The number of carbonyl (C=O) groups is 2. The van der Waals surface area contributed by atoms with Gasteiger partial charge in [-0.3, -0.25) is 9.59 Å². The highest BCUT2D eigenvalue weighted by molar-refractivity contribution is 6.30. The van der Waals surface area contributed by atoms with Gasteiger partial charge in [-0.25, -0.2) is 0 Å². The van der Waals surface area contributed by atoms with Gasteiger partial charge in [0.1, 0.15) is 11.9 Å². The summed E-state index contributed by atoms with van der Waals surface area (Å²) in [6.07, 6.45) is 11.9. The van der Waals surface area contributed by atoms with E-state index in [0.29, 0.717) is 17.5 Å². The van der Waals surface area contributed by atoms with Crippen LogP contribution in [-0.4, -0.2) is 35.2 Å². The second-order valence-electron chi connectivity index (χ2n) is 9.00. The van der Waals surface area contributed by atoms with E-state index in [2.05, 4.69) is 18.3 Å². The van der Waals surface area contributed by atoms with Crippen LogP contribution in [0.5, 0.6) is 0 Å². The fourth-order valence-electron chi connectivity index (χ4n) is 4.67. The predicted molar refractivity (Wildman–Crippen MR) is 127 cm³/mol. The van der Waals surface area contributed by atoms with E-state index in [4.69, 9.17) is 23.2 Å². The topological polar surface area (TPSA) is 49.4 Å². The zero-order chi connectivity index (χ0) is 22.2. The molecule has 0 saturated heterocycles. The van der Waals surface area contributed by atoms with Crippen molar-refractivity contribution in [1.82, 2.24) is 10.2 Å². The number of carbonyl (C=O) groups excluding carboxylic acids is 2. The summed E-state index contributed by atoms with van der Waals surface area (Å²) in [4.78, 5) is 28.0. The summed E-state index contributed by atoms with van der Waals surface area (Å²) in [5.41, 5.74) is 2.14. The van der Waals surface area contributed by atoms with Crippen LogP contribution in [0.3, 0.4) is 0 Å². The maximum absolute atomic E-state index is 13.5. The Morgan fingerprint density at radius 1 is 1.13 bits per heavy atom. The average Bonchev–Trinajstić information content (AvgIpc) is 2.79. The van der Waals surface area contributed by atoms with E-state index < -0.39 is 6.04 Å². The summed E-state index contributed by atoms with van der Waals surface area (Å²) in [5, 5.41) is 3.83. The van der Waals surface area contributed by atoms with Crippen molar-refractivity contribution in [1.29, 1.82) is 0 Å². The first-order valence-corrected chi connectivity index (χ1v) is 12.5. The molecule has 2 aliphatic rings. The molecule has 4 nitrogen and oxygen atoms in total. The number of nitrogens with one attached hydrogen (secondary N) is 1. The Labute approximate surface area is 196 Å². The highest BCUT2D eigenvalue weighted by Gasteiger charge is 2.33. The lowest BCUT2D eigenvalue weighted by molar-refractivity contribution is -0.139. The molecule has 2 amide bonds. The molecule has 0 spiro atoms. The normalized spacial score (nSPS) is 22.4. The number of alkyl halides is 1. The minimum atomic E-state index is -0.702. The fourth-order valence-corrected chi connectivity index (χ4v) is 4.95. The van der Waals surface area contributed by atoms with Gasteiger partial charge in [-0.15, -0.1) is 11.6 Å². The molecule has 6 heteroatoms. The number of hydrogen-bond acceptors (Lipinski definition) is 2. The third-order valence-corrected chi connectivity index (χ3v) is 7.08. The third-order valence-electron chi connectivity index (χ3n) is 6.60. The Bertz CT molecular complexity index is 770. The molecule has 0 aromatic heterocycles. The van der Waals surface area contributed by atoms with Crippen molar-refractivity contribution in [3.63, 3.8) is 0 Å². The number of hydrogen-bond donors (Lipinski definition) is 1. The molecule has 0 aliphatic heterocycles. The first-order valence-electron chi connectivity index (χ1n) is 11.6. The second kappa shape index (κ2) is 11.9. The third kappa shape index (κ3) is 6.98. The minimum Gasteiger partial charge on any atom is -0.351 e. The van der Waals surface area contributed by atoms with Gasteiger partial charge >= 0.3 is 0 Å². The van der Waals surface area contributed by atoms with Crippen molar-refractivity contribution >= 4 is 35.0 Å². The molecule has 1 N–H and O–H groups in total. The zero-order valence-electron chi connectivity index (χ0n) is 18.4. The van der Waals surface area contributed by atoms with Crippen LogP contribution in [0.1, 0.15) is 76.3 Å². The van der Waals surface area contributed by atoms with Gasteiger partial charge in [0, 0.05) is 17.6 Å². The Hall–Kier alpha value is -1.52. The molecular formula is C25H34Cl2N2O2. The van der Waals surface area contributed by atoms with E-state index in [1.807, 2.05) is 12.1 Å². The van der Waals surface area contributed by atoms with Gasteiger partial charge in [-0.05, 0) is 81.4 Å². The summed E-state index contributed by atoms with van der Waals surface area (Å²) < 4.78 is 0. The van der Waals surface area contributed by atoms with Crippen LogP contribution in [-0.2, 0) is 9.59 Å². The molecule has 2 aliphatic carbocycles. The molecule has 170 valence electrons. The molecule has 0 radical (unpaired) electrons. The monoisotopic (exact) mass is 464 g/mol. The molecule has 0 bridgehead atoms. The molecule has 0 unspecified atom stereocenters. The first kappa shape index (κ1) is 24.1. The van der Waals surface area contributed by atoms with Crippen molar-refractivity contribution in [2.24, 2.45) is 5.92 Å². The molecule has 1 aromatic carbocycles. The van der Waals surface area contributed by atoms with Crippen LogP contribution in [0.2, 0.25) is 5.02 Å². The van der Waals surface area contributed by atoms with Gasteiger partial charge in [0.15, 0.2) is 0 Å². The number of benzene rings is 1. The van der Waals surface area contributed by atoms with Crippen LogP contribution >= 0.6 is 23.2 Å². The average molecular weight is 465 g/mol. The van der Waals surface area contributed by atoms with Crippen molar-refractivity contribution in [2.45, 2.75) is 76.8 Å². The lowest BCUT2D eigenvalue weighted by Gasteiger charge is -2.34. The highest BCUT2D eigenvalue weighted by Crippen LogP contribution is 2.28. The Morgan fingerprint density at radius 3 is 2.45 bits per heavy atom. The SMILES string of the molecule is CC1CCC(NC(=O)[C@@H](c2ccc(Cl)cc2)N(CCC2=CCCCC2)C(=O)CCl)CC1. The van der Waals surface area contributed by atoms with Crippen molar-refractivity contribution in [3.8, 4) is 0 Å². The number of allylic oxidation sites excluding steroid dienone is 1. The molecule has 3 rings (SSSR count). The summed E-state index contributed by atoms with van der Waals surface area (Å²) >= 11 is 12.1. The molecule has 1 saturated carbocycles. The van der Waals surface area contributed by atoms with Gasteiger partial charge in [0.2, 0.25) is 11.8 Å². The standard InChI is InChI=1S/C25H34Cl2N2O2/c1-18-7-13-22(14-8-18)28-25(31)24(20-9-11-21(27)12-10-20)29(23(30)17-26)16-15-19-5-3-2-4-6-19/h5,9-12,18,22,24H,2-4,6-8,13-17H2,1H3,(H,28,31)/t18?,22?,24-/m1/s1. The predicted octanol–water partition coefficient (Wildman–Crippen LogP) is 6.03. The molecule has 1 atom stereocenters. The van der Waals surface area contributed by atoms with Crippen molar-refractivity contribution in [2.75, 3.05) is 12.4 Å². The van der Waals surface area contributed by atoms with Crippen LogP contribution in [0, 0.1) is 5.92 Å². The number of nitrogens with zero attached hydrogens (tertiary/aromatic N) is 1. The van der Waals surface area contributed by atoms with E-state index in [1.165, 1.54) is 18.4 Å². The lowest BCUT2D eigenvalue weighted by Crippen LogP contribution is -2.48. The Morgan fingerprint density at radius 2 is 1.84 bits per heavy atom. The molecule has 0 heterocycles. The van der Waals surface area contributed by atoms with E-state index >= 15 is 0 Å². The van der Waals surface area contributed by atoms with Crippen molar-refractivity contribution < 1.29 is 9.59 Å². The second-order valence-corrected chi connectivity index (χ2v) is 9.70. The van der Waals surface area contributed by atoms with E-state index in [9.17, 15) is 9.59 Å². The fraction of sp³-hybridized carbons (Fsp3) is 0.600. The summed E-state index contributed by atoms with van der Waals surface area (Å²) in [5.74, 6) is 0.221. The summed E-state index contributed by atoms with van der Waals surface area (Å²) in [6, 6.07) is 6.67. The maximum atomic E-state index is 13.5. The zero-order valence-corrected chi connectivity index (χ0v) is 19.9. The largest absolute Gasteiger partial charge is 0.351 e. The quantitative estimate of drug-likeness (QED) is 0.376. The van der Waals surface area contributed by atoms with Crippen LogP contribution in [0.4, 0.5) is 0 Å². The lowest BCUT2D eigenvalue weighted by atomic mass is 9.87. The minimum absolute atomic E-state index is 0.127. The Kier molecular flexibility index (Phi) is 9.28. The van der Waals surface area contributed by atoms with E-state index in [-0.39, 0.29) is 23.7 Å². The van der Waals surface area contributed by atoms with Crippen LogP contribution in [0.15, 0.2) is 35.9 Å². The van der Waals surface area contributed by atoms with E-state index in [0.717, 1.165) is 50.5 Å². The van der Waals surface area contributed by atoms with E-state index in [1.54, 1.807) is 17.0 Å². The Balaban J connectivity index is 1.81. The number of amides is 2. The highest BCUT2D eigenvalue weighted by atomic mass is 35.5. The van der Waals surface area contributed by atoms with Gasteiger partial charge in [0.25, 0.3) is 0 Å². The summed E-state index contributed by atoms with van der Waals surface area (Å²) in [7, 11) is 0. The number of rotatable bonds is 8.